The van der Waals surface area contributed by atoms with Gasteiger partial charge in [-0.2, -0.15) is 0 Å². The molecule has 7 rings (SSSR count). The summed E-state index contributed by atoms with van der Waals surface area (Å²) in [5, 5.41) is 22.6. The maximum atomic E-state index is 13.4. The highest BCUT2D eigenvalue weighted by Crippen LogP contribution is 2.39. The highest BCUT2D eigenvalue weighted by atomic mass is 16.6. The van der Waals surface area contributed by atoms with Gasteiger partial charge in [0.1, 0.15) is 12.4 Å². The molecule has 0 bridgehead atoms. The van der Waals surface area contributed by atoms with Crippen LogP contribution in [0.1, 0.15) is 59.8 Å². The molecule has 194 valence electrons. The quantitative estimate of drug-likeness (QED) is 0.314. The lowest BCUT2D eigenvalue weighted by Gasteiger charge is -2.31. The van der Waals surface area contributed by atoms with E-state index in [0.29, 0.717) is 27.9 Å². The van der Waals surface area contributed by atoms with E-state index in [1.165, 1.54) is 0 Å². The normalized spacial score (nSPS) is 19.6. The third-order valence-electron chi connectivity index (χ3n) is 8.36. The third-order valence-corrected chi connectivity index (χ3v) is 8.36. The number of carbonyl (C=O) groups is 1. The van der Waals surface area contributed by atoms with Crippen LogP contribution in [-0.2, 0) is 47.7 Å². The Balaban J connectivity index is 1.39. The van der Waals surface area contributed by atoms with Gasteiger partial charge in [0.05, 0.1) is 35.6 Å². The smallest absolute Gasteiger partial charge is 0.343 e. The lowest BCUT2D eigenvalue weighted by molar-refractivity contribution is -0.172. The number of carbonyl (C=O) groups excluding carboxylic acids is 1. The molecule has 0 saturated carbocycles. The number of nitrogens with zero attached hydrogens (tertiary/aromatic N) is 3. The Kier molecular flexibility index (Phi) is 4.78. The fourth-order valence-electron chi connectivity index (χ4n) is 6.23. The standard InChI is InChI=1S/C28H26N4O6/c1-2-28(37)18-10-22-24-14(11-31(22)25(34)17(18)13-38-26(28)35)9-15-16(23(33)8-7-19(15)29-24)12-32-21-6-4-3-5-20(21)30-27(32)36/h7-10,33,37H,2-6,11-13H2,1H3,(H,30,36)/t28-/m0/s1. The van der Waals surface area contributed by atoms with Crippen molar-refractivity contribution in [3.63, 3.8) is 0 Å². The number of fused-ring (bicyclic) bond motifs is 6. The lowest BCUT2D eigenvalue weighted by atomic mass is 9.86. The first-order valence-corrected chi connectivity index (χ1v) is 12.9. The van der Waals surface area contributed by atoms with Gasteiger partial charge in [-0.1, -0.05) is 6.92 Å². The molecule has 0 unspecified atom stereocenters. The molecule has 3 N–H and O–H groups in total. The average Bonchev–Trinajstić information content (AvgIpc) is 3.43. The molecule has 0 amide bonds. The van der Waals surface area contributed by atoms with Crippen molar-refractivity contribution in [3.05, 3.63) is 78.7 Å². The Morgan fingerprint density at radius 3 is 2.79 bits per heavy atom. The first kappa shape index (κ1) is 23.0. The zero-order chi connectivity index (χ0) is 26.3. The fourth-order valence-corrected chi connectivity index (χ4v) is 6.23. The second-order valence-corrected chi connectivity index (χ2v) is 10.4. The molecular weight excluding hydrogens is 488 g/mol. The maximum Gasteiger partial charge on any atom is 0.343 e. The summed E-state index contributed by atoms with van der Waals surface area (Å²) in [5.74, 6) is -0.687. The summed E-state index contributed by atoms with van der Waals surface area (Å²) >= 11 is 0. The fraction of sp³-hybridized carbons (Fsp3) is 0.357. The van der Waals surface area contributed by atoms with Crippen LogP contribution in [-0.4, -0.2) is 35.3 Å². The molecule has 0 saturated heterocycles. The minimum absolute atomic E-state index is 0.0729. The van der Waals surface area contributed by atoms with Crippen LogP contribution in [0.2, 0.25) is 0 Å². The number of phenolic OH excluding ortho intramolecular Hbond substituents is 1. The first-order valence-electron chi connectivity index (χ1n) is 12.9. The number of benzene rings is 1. The van der Waals surface area contributed by atoms with Crippen molar-refractivity contribution in [1.82, 2.24) is 19.1 Å². The van der Waals surface area contributed by atoms with Crippen LogP contribution in [0.4, 0.5) is 0 Å². The van der Waals surface area contributed by atoms with Crippen molar-refractivity contribution in [2.24, 2.45) is 0 Å². The SMILES string of the molecule is CC[C@@]1(O)C(=O)OCc2c1cc1n(c2=O)Cc2cc3c(Cn4c5c([nH]c4=O)CCCC5)c(O)ccc3nc2-1. The summed E-state index contributed by atoms with van der Waals surface area (Å²) in [5.41, 5.74) is 3.18. The topological polar surface area (TPSA) is 139 Å². The van der Waals surface area contributed by atoms with Crippen LogP contribution in [0.15, 0.2) is 33.9 Å². The molecule has 0 radical (unpaired) electrons. The van der Waals surface area contributed by atoms with Gasteiger partial charge in [-0.25, -0.2) is 14.6 Å². The number of rotatable bonds is 3. The Morgan fingerprint density at radius 1 is 1.16 bits per heavy atom. The van der Waals surface area contributed by atoms with Crippen LogP contribution in [0.3, 0.4) is 0 Å². The molecule has 10 heteroatoms. The summed E-state index contributed by atoms with van der Waals surface area (Å²) < 4.78 is 8.42. The number of pyridine rings is 2. The summed E-state index contributed by atoms with van der Waals surface area (Å²) in [4.78, 5) is 46.4. The van der Waals surface area contributed by atoms with Crippen LogP contribution in [0.25, 0.3) is 22.3 Å². The van der Waals surface area contributed by atoms with Gasteiger partial charge < -0.3 is 24.5 Å². The molecule has 1 atom stereocenters. The molecule has 38 heavy (non-hydrogen) atoms. The molecule has 4 aromatic rings. The predicted octanol–water partition coefficient (Wildman–Crippen LogP) is 2.20. The van der Waals surface area contributed by atoms with Gasteiger partial charge in [0.15, 0.2) is 5.60 Å². The molecule has 1 aromatic carbocycles. The number of hydrogen-bond acceptors (Lipinski definition) is 7. The molecule has 10 nitrogen and oxygen atoms in total. The second-order valence-electron chi connectivity index (χ2n) is 10.4. The van der Waals surface area contributed by atoms with E-state index in [2.05, 4.69) is 4.98 Å². The van der Waals surface area contributed by atoms with Crippen LogP contribution in [0.5, 0.6) is 5.75 Å². The van der Waals surface area contributed by atoms with Gasteiger partial charge in [-0.3, -0.25) is 9.36 Å². The van der Waals surface area contributed by atoms with Crippen LogP contribution in [0, 0.1) is 0 Å². The lowest BCUT2D eigenvalue weighted by Crippen LogP contribution is -2.44. The van der Waals surface area contributed by atoms with E-state index < -0.39 is 11.6 Å². The zero-order valence-corrected chi connectivity index (χ0v) is 20.8. The molecule has 0 fully saturated rings. The number of aromatic amines is 1. The number of aromatic nitrogens is 4. The predicted molar refractivity (Wildman–Crippen MR) is 137 cm³/mol. The van der Waals surface area contributed by atoms with E-state index in [4.69, 9.17) is 9.72 Å². The van der Waals surface area contributed by atoms with Crippen molar-refractivity contribution in [2.45, 2.75) is 64.3 Å². The summed E-state index contributed by atoms with van der Waals surface area (Å²) in [6.45, 7) is 1.95. The summed E-state index contributed by atoms with van der Waals surface area (Å²) in [7, 11) is 0. The van der Waals surface area contributed by atoms with E-state index in [9.17, 15) is 24.6 Å². The van der Waals surface area contributed by atoms with Gasteiger partial charge in [-0.15, -0.1) is 0 Å². The largest absolute Gasteiger partial charge is 0.508 e. The van der Waals surface area contributed by atoms with Crippen molar-refractivity contribution in [1.29, 1.82) is 0 Å². The number of nitrogens with one attached hydrogen (secondary N) is 1. The Labute approximate surface area is 216 Å². The van der Waals surface area contributed by atoms with Crippen LogP contribution < -0.4 is 11.2 Å². The number of esters is 1. The number of aryl methyl sites for hydroxylation is 1. The average molecular weight is 515 g/mol. The van der Waals surface area contributed by atoms with Gasteiger partial charge in [0, 0.05) is 33.5 Å². The van der Waals surface area contributed by atoms with E-state index in [1.54, 1.807) is 34.3 Å². The van der Waals surface area contributed by atoms with Gasteiger partial charge in [0.2, 0.25) is 0 Å². The van der Waals surface area contributed by atoms with Gasteiger partial charge >= 0.3 is 11.7 Å². The highest BCUT2D eigenvalue weighted by molar-refractivity contribution is 5.89. The number of aliphatic hydroxyl groups is 1. The van der Waals surface area contributed by atoms with Crippen molar-refractivity contribution in [2.75, 3.05) is 0 Å². The Hall–Kier alpha value is -4.18. The Bertz CT molecular complexity index is 1810. The molecule has 0 spiro atoms. The van der Waals surface area contributed by atoms with Crippen molar-refractivity contribution >= 4 is 16.9 Å². The number of aromatic hydroxyl groups is 1. The van der Waals surface area contributed by atoms with Crippen LogP contribution >= 0.6 is 0 Å². The molecule has 1 aliphatic carbocycles. The van der Waals surface area contributed by atoms with E-state index in [1.807, 2.05) is 6.07 Å². The van der Waals surface area contributed by atoms with E-state index in [0.717, 1.165) is 42.6 Å². The molecular formula is C28H26N4O6. The summed E-state index contributed by atoms with van der Waals surface area (Å²) in [6.07, 6.45) is 3.79. The van der Waals surface area contributed by atoms with Crippen molar-refractivity contribution in [3.8, 4) is 17.1 Å². The summed E-state index contributed by atoms with van der Waals surface area (Å²) in [6, 6.07) is 6.87. The van der Waals surface area contributed by atoms with E-state index >= 15 is 0 Å². The minimum atomic E-state index is -1.89. The number of phenols is 1. The highest BCUT2D eigenvalue weighted by Gasteiger charge is 2.45. The van der Waals surface area contributed by atoms with Crippen molar-refractivity contribution < 1.29 is 19.7 Å². The number of cyclic esters (lactones) is 1. The zero-order valence-electron chi connectivity index (χ0n) is 20.8. The number of ether oxygens (including phenoxy) is 1. The molecule has 5 heterocycles. The molecule has 2 aliphatic heterocycles. The molecule has 3 aliphatic rings. The monoisotopic (exact) mass is 514 g/mol. The number of hydrogen-bond donors (Lipinski definition) is 3. The maximum absolute atomic E-state index is 13.4. The van der Waals surface area contributed by atoms with Gasteiger partial charge in [0.25, 0.3) is 5.56 Å². The third kappa shape index (κ3) is 3.03. The Morgan fingerprint density at radius 2 is 1.97 bits per heavy atom. The first-order chi connectivity index (χ1) is 18.3. The minimum Gasteiger partial charge on any atom is -0.508 e. The van der Waals surface area contributed by atoms with E-state index in [-0.39, 0.29) is 54.2 Å². The number of imidazole rings is 1. The molecule has 3 aromatic heterocycles. The number of H-pyrrole nitrogens is 1. The second kappa shape index (κ2) is 7.91. The van der Waals surface area contributed by atoms with Gasteiger partial charge in [-0.05, 0) is 56.4 Å².